The highest BCUT2D eigenvalue weighted by atomic mass is 32.1. The fourth-order valence-electron chi connectivity index (χ4n) is 1.99. The van der Waals surface area contributed by atoms with Gasteiger partial charge in [0.05, 0.1) is 17.7 Å². The van der Waals surface area contributed by atoms with Crippen molar-refractivity contribution in [3.63, 3.8) is 0 Å². The lowest BCUT2D eigenvalue weighted by Gasteiger charge is -2.11. The molecule has 5 nitrogen and oxygen atoms in total. The first-order chi connectivity index (χ1) is 12.4. The minimum absolute atomic E-state index is 0.152. The lowest BCUT2D eigenvalue weighted by atomic mass is 10.1. The van der Waals surface area contributed by atoms with E-state index in [0.29, 0.717) is 6.07 Å². The molecule has 1 aromatic heterocycles. The van der Waals surface area contributed by atoms with Crippen LogP contribution in [0.4, 0.5) is 31.5 Å². The molecule has 0 radical (unpaired) electrons. The molecule has 0 atom stereocenters. The second-order valence-electron chi connectivity index (χ2n) is 4.91. The molecule has 0 fully saturated rings. The number of ether oxygens (including phenoxy) is 1. The Kier molecular flexibility index (Phi) is 5.78. The Balaban J connectivity index is 2.39. The van der Waals surface area contributed by atoms with Crippen molar-refractivity contribution in [1.29, 1.82) is 0 Å². The molecule has 1 heterocycles. The summed E-state index contributed by atoms with van der Waals surface area (Å²) in [4.78, 5) is 26.0. The number of anilines is 1. The van der Waals surface area contributed by atoms with Gasteiger partial charge in [-0.05, 0) is 19.1 Å². The molecular formula is C15H10F6N2O3S. The van der Waals surface area contributed by atoms with Crippen molar-refractivity contribution in [2.24, 2.45) is 0 Å². The van der Waals surface area contributed by atoms with Crippen LogP contribution in [0.2, 0.25) is 0 Å². The maximum absolute atomic E-state index is 13.0. The number of halogens is 6. The summed E-state index contributed by atoms with van der Waals surface area (Å²) in [6.45, 7) is 1.18. The van der Waals surface area contributed by atoms with Crippen molar-refractivity contribution < 1.29 is 40.7 Å². The van der Waals surface area contributed by atoms with Crippen molar-refractivity contribution in [3.8, 4) is 0 Å². The minimum Gasteiger partial charge on any atom is -0.462 e. The predicted octanol–water partition coefficient (Wildman–Crippen LogP) is 4.61. The predicted molar refractivity (Wildman–Crippen MR) is 82.5 cm³/mol. The van der Waals surface area contributed by atoms with E-state index in [-0.39, 0.29) is 17.9 Å². The van der Waals surface area contributed by atoms with Crippen LogP contribution in [0.15, 0.2) is 24.3 Å². The molecule has 0 saturated carbocycles. The number of benzene rings is 1. The van der Waals surface area contributed by atoms with E-state index >= 15 is 0 Å². The van der Waals surface area contributed by atoms with Crippen molar-refractivity contribution in [1.82, 2.24) is 4.98 Å². The Morgan fingerprint density at radius 3 is 2.30 bits per heavy atom. The zero-order valence-corrected chi connectivity index (χ0v) is 14.2. The zero-order chi connectivity index (χ0) is 20.4. The van der Waals surface area contributed by atoms with E-state index in [1.807, 2.05) is 5.32 Å². The van der Waals surface area contributed by atoms with Crippen molar-refractivity contribution in [2.45, 2.75) is 19.3 Å². The normalized spacial score (nSPS) is 12.0. The Hall–Kier alpha value is -2.63. The highest BCUT2D eigenvalue weighted by Crippen LogP contribution is 2.37. The van der Waals surface area contributed by atoms with Crippen molar-refractivity contribution >= 4 is 28.3 Å². The molecule has 0 spiro atoms. The minimum atomic E-state index is -5.02. The summed E-state index contributed by atoms with van der Waals surface area (Å²) < 4.78 is 82.4. The zero-order valence-electron chi connectivity index (χ0n) is 13.4. The summed E-state index contributed by atoms with van der Waals surface area (Å²) in [6, 6.07) is 3.74. The Morgan fingerprint density at radius 2 is 1.74 bits per heavy atom. The third-order valence-electron chi connectivity index (χ3n) is 3.05. The first-order valence-corrected chi connectivity index (χ1v) is 7.99. The fraction of sp³-hybridized carbons (Fsp3) is 0.267. The number of nitrogens with zero attached hydrogens (tertiary/aromatic N) is 1. The molecule has 2 rings (SSSR count). The lowest BCUT2D eigenvalue weighted by molar-refractivity contribution is -0.141. The summed E-state index contributed by atoms with van der Waals surface area (Å²) >= 11 is 0.152. The van der Waals surface area contributed by atoms with Gasteiger partial charge in [0.2, 0.25) is 0 Å². The number of nitrogens with one attached hydrogen (secondary N) is 1. The van der Waals surface area contributed by atoms with Gasteiger partial charge in [-0.2, -0.15) is 26.3 Å². The van der Waals surface area contributed by atoms with Crippen molar-refractivity contribution in [2.75, 3.05) is 11.9 Å². The average Bonchev–Trinajstić information content (AvgIpc) is 2.98. The molecule has 0 aliphatic heterocycles. The molecule has 1 aromatic carbocycles. The van der Waals surface area contributed by atoms with E-state index in [9.17, 15) is 35.9 Å². The number of aromatic nitrogens is 1. The molecule has 27 heavy (non-hydrogen) atoms. The number of carbonyl (C=O) groups excluding carboxylic acids is 2. The first kappa shape index (κ1) is 20.7. The molecular weight excluding hydrogens is 402 g/mol. The number of esters is 1. The molecule has 1 N–H and O–H groups in total. The Bertz CT molecular complexity index is 860. The van der Waals surface area contributed by atoms with Crippen molar-refractivity contribution in [3.05, 3.63) is 46.0 Å². The van der Waals surface area contributed by atoms with E-state index < -0.39 is 51.1 Å². The van der Waals surface area contributed by atoms with Crippen LogP contribution in [0, 0.1) is 0 Å². The van der Waals surface area contributed by atoms with Gasteiger partial charge in [-0.25, -0.2) is 9.78 Å². The van der Waals surface area contributed by atoms with Crippen LogP contribution in [-0.4, -0.2) is 23.5 Å². The van der Waals surface area contributed by atoms with Crippen LogP contribution in [0.5, 0.6) is 0 Å². The first-order valence-electron chi connectivity index (χ1n) is 7.17. The fourth-order valence-corrected chi connectivity index (χ4v) is 2.87. The largest absolute Gasteiger partial charge is 0.462 e. The monoisotopic (exact) mass is 412 g/mol. The highest BCUT2D eigenvalue weighted by molar-refractivity contribution is 7.17. The molecule has 12 heteroatoms. The molecule has 2 aromatic rings. The van der Waals surface area contributed by atoms with Crippen LogP contribution in [0.3, 0.4) is 0 Å². The van der Waals surface area contributed by atoms with Crippen LogP contribution < -0.4 is 5.32 Å². The average molecular weight is 412 g/mol. The topological polar surface area (TPSA) is 68.3 Å². The van der Waals surface area contributed by atoms with E-state index in [2.05, 4.69) is 9.72 Å². The SMILES string of the molecule is CCOC(=O)c1sc(NC(=O)c2ccccc2C(F)(F)F)nc1C(F)(F)F. The van der Waals surface area contributed by atoms with Crippen LogP contribution in [-0.2, 0) is 17.1 Å². The van der Waals surface area contributed by atoms with E-state index in [4.69, 9.17) is 0 Å². The molecule has 0 bridgehead atoms. The number of carbonyl (C=O) groups is 2. The van der Waals surface area contributed by atoms with E-state index in [1.165, 1.54) is 6.92 Å². The van der Waals surface area contributed by atoms with Gasteiger partial charge in [0, 0.05) is 0 Å². The van der Waals surface area contributed by atoms with Gasteiger partial charge >= 0.3 is 18.3 Å². The molecule has 0 aliphatic rings. The summed E-state index contributed by atoms with van der Waals surface area (Å²) in [6.07, 6.45) is -9.87. The van der Waals surface area contributed by atoms with E-state index in [1.54, 1.807) is 0 Å². The maximum Gasteiger partial charge on any atom is 0.435 e. The maximum atomic E-state index is 13.0. The van der Waals surface area contributed by atoms with Gasteiger partial charge in [-0.15, -0.1) is 0 Å². The van der Waals surface area contributed by atoms with Gasteiger partial charge in [-0.3, -0.25) is 10.1 Å². The lowest BCUT2D eigenvalue weighted by Crippen LogP contribution is -2.18. The molecule has 146 valence electrons. The van der Waals surface area contributed by atoms with Gasteiger partial charge < -0.3 is 4.74 Å². The van der Waals surface area contributed by atoms with E-state index in [0.717, 1.165) is 18.2 Å². The number of rotatable bonds is 4. The van der Waals surface area contributed by atoms with Crippen LogP contribution in [0.1, 0.15) is 38.2 Å². The second-order valence-corrected chi connectivity index (χ2v) is 5.91. The highest BCUT2D eigenvalue weighted by Gasteiger charge is 2.41. The van der Waals surface area contributed by atoms with Gasteiger partial charge in [0.15, 0.2) is 10.8 Å². The number of alkyl halides is 6. The summed E-state index contributed by atoms with van der Waals surface area (Å²) in [5.74, 6) is -2.63. The quantitative estimate of drug-likeness (QED) is 0.588. The van der Waals surface area contributed by atoms with Gasteiger partial charge in [-0.1, -0.05) is 23.5 Å². The standard InChI is InChI=1S/C15H10F6N2O3S/c1-2-26-12(25)9-10(15(19,20)21)22-13(27-9)23-11(24)7-5-3-4-6-8(7)14(16,17)18/h3-6H,2H2,1H3,(H,22,23,24). The van der Waals surface area contributed by atoms with Gasteiger partial charge in [0.25, 0.3) is 5.91 Å². The molecule has 1 amide bonds. The molecule has 0 aliphatic carbocycles. The summed E-state index contributed by atoms with van der Waals surface area (Å²) in [7, 11) is 0. The van der Waals surface area contributed by atoms with Crippen LogP contribution in [0.25, 0.3) is 0 Å². The molecule has 0 unspecified atom stereocenters. The number of hydrogen-bond acceptors (Lipinski definition) is 5. The third-order valence-corrected chi connectivity index (χ3v) is 4.00. The number of thiazole rings is 1. The Morgan fingerprint density at radius 1 is 1.11 bits per heavy atom. The summed E-state index contributed by atoms with van der Waals surface area (Å²) in [5.41, 5.74) is -3.66. The molecule has 0 saturated heterocycles. The summed E-state index contributed by atoms with van der Waals surface area (Å²) in [5, 5.41) is 1.17. The smallest absolute Gasteiger partial charge is 0.435 e. The second kappa shape index (κ2) is 7.55. The number of hydrogen-bond donors (Lipinski definition) is 1. The van der Waals surface area contributed by atoms with Crippen LogP contribution >= 0.6 is 11.3 Å². The number of amides is 1. The van der Waals surface area contributed by atoms with Gasteiger partial charge in [0.1, 0.15) is 4.88 Å². The third kappa shape index (κ3) is 4.76. The Labute approximate surface area is 152 Å².